The second-order valence-corrected chi connectivity index (χ2v) is 7.39. The van der Waals surface area contributed by atoms with E-state index in [-0.39, 0.29) is 10.8 Å². The molecule has 3 aromatic carbocycles. The average molecular weight is 439 g/mol. The summed E-state index contributed by atoms with van der Waals surface area (Å²) in [5.41, 5.74) is 1.80. The molecule has 8 heteroatoms. The van der Waals surface area contributed by atoms with Gasteiger partial charge >= 0.3 is 0 Å². The van der Waals surface area contributed by atoms with Gasteiger partial charge in [0.05, 0.1) is 17.8 Å². The van der Waals surface area contributed by atoms with Crippen LogP contribution < -0.4 is 4.74 Å². The maximum Gasteiger partial charge on any atom is 0.216 e. The van der Waals surface area contributed by atoms with Crippen molar-refractivity contribution in [1.82, 2.24) is 14.9 Å². The molecule has 6 nitrogen and oxygen atoms in total. The van der Waals surface area contributed by atoms with Crippen molar-refractivity contribution in [3.05, 3.63) is 81.3 Å². The van der Waals surface area contributed by atoms with Gasteiger partial charge in [0.1, 0.15) is 0 Å². The number of ether oxygens (including phenoxy) is 1. The largest absolute Gasteiger partial charge is 0.503 e. The Kier molecular flexibility index (Phi) is 5.83. The predicted molar refractivity (Wildman–Crippen MR) is 121 cm³/mol. The number of hydrogen-bond donors (Lipinski definition) is 2. The molecule has 2 N–H and O–H groups in total. The first kappa shape index (κ1) is 20.1. The average Bonchev–Trinajstić information content (AvgIpc) is 3.09. The molecule has 0 radical (unpaired) electrons. The number of nitrogens with one attached hydrogen (secondary N) is 1. The minimum Gasteiger partial charge on any atom is -0.503 e. The van der Waals surface area contributed by atoms with E-state index in [1.54, 1.807) is 23.0 Å². The van der Waals surface area contributed by atoms with Gasteiger partial charge in [-0.05, 0) is 53.2 Å². The predicted octanol–water partition coefficient (Wildman–Crippen LogP) is 5.32. The molecule has 0 saturated heterocycles. The highest BCUT2D eigenvalue weighted by atomic mass is 35.5. The zero-order chi connectivity index (χ0) is 21.1. The molecule has 4 aromatic rings. The molecular weight excluding hydrogens is 420 g/mol. The van der Waals surface area contributed by atoms with Gasteiger partial charge in [0, 0.05) is 6.42 Å². The molecule has 152 valence electrons. The summed E-state index contributed by atoms with van der Waals surface area (Å²) >= 11 is 11.5. The first-order valence-electron chi connectivity index (χ1n) is 9.39. The molecule has 0 aliphatic heterocycles. The number of aromatic hydroxyl groups is 1. The molecule has 0 amide bonds. The molecule has 0 unspecified atom stereocenters. The van der Waals surface area contributed by atoms with E-state index in [0.29, 0.717) is 34.9 Å². The number of halogens is 1. The Labute approximate surface area is 183 Å². The summed E-state index contributed by atoms with van der Waals surface area (Å²) in [6.07, 6.45) is 2.16. The van der Waals surface area contributed by atoms with Crippen LogP contribution in [0.4, 0.5) is 0 Å². The lowest BCUT2D eigenvalue weighted by Gasteiger charge is -2.08. The van der Waals surface area contributed by atoms with Gasteiger partial charge in [-0.3, -0.25) is 5.10 Å². The van der Waals surface area contributed by atoms with E-state index in [9.17, 15) is 5.11 Å². The minimum atomic E-state index is -0.0905. The first-order valence-corrected chi connectivity index (χ1v) is 10.2. The number of benzene rings is 3. The maximum absolute atomic E-state index is 10.0. The topological polar surface area (TPSA) is 75.4 Å². The number of H-pyrrole nitrogens is 1. The second kappa shape index (κ2) is 8.69. The third-order valence-corrected chi connectivity index (χ3v) is 5.17. The van der Waals surface area contributed by atoms with Crippen molar-refractivity contribution in [2.75, 3.05) is 6.61 Å². The second-order valence-electron chi connectivity index (χ2n) is 6.60. The van der Waals surface area contributed by atoms with Crippen molar-refractivity contribution in [1.29, 1.82) is 0 Å². The molecule has 0 atom stereocenters. The fourth-order valence-corrected chi connectivity index (χ4v) is 3.65. The quantitative estimate of drug-likeness (QED) is 0.315. The van der Waals surface area contributed by atoms with Crippen molar-refractivity contribution >= 4 is 40.8 Å². The summed E-state index contributed by atoms with van der Waals surface area (Å²) in [5.74, 6) is 0.896. The van der Waals surface area contributed by atoms with Crippen LogP contribution in [-0.4, -0.2) is 32.8 Å². The van der Waals surface area contributed by atoms with Crippen LogP contribution in [0.1, 0.15) is 23.9 Å². The fraction of sp³-hybridized carbons (Fsp3) is 0.136. The molecule has 0 aliphatic carbocycles. The monoisotopic (exact) mass is 438 g/mol. The summed E-state index contributed by atoms with van der Waals surface area (Å²) in [6.45, 7) is 2.24. The zero-order valence-electron chi connectivity index (χ0n) is 16.2. The van der Waals surface area contributed by atoms with Crippen molar-refractivity contribution < 1.29 is 9.84 Å². The number of rotatable bonds is 6. The fourth-order valence-electron chi connectivity index (χ4n) is 3.23. The number of phenolic OH excluding ortho intramolecular Hbond substituents is 1. The molecule has 4 rings (SSSR count). The van der Waals surface area contributed by atoms with Crippen LogP contribution in [0.15, 0.2) is 59.7 Å². The number of phenols is 1. The van der Waals surface area contributed by atoms with Crippen molar-refractivity contribution in [3.8, 4) is 11.5 Å². The van der Waals surface area contributed by atoms with Gasteiger partial charge in [0.2, 0.25) is 4.77 Å². The van der Waals surface area contributed by atoms with Gasteiger partial charge < -0.3 is 9.84 Å². The Balaban J connectivity index is 1.67. The van der Waals surface area contributed by atoms with Crippen LogP contribution in [0.25, 0.3) is 10.8 Å². The number of hydrogen-bond acceptors (Lipinski definition) is 5. The number of aromatic nitrogens is 3. The Morgan fingerprint density at radius 2 is 2.03 bits per heavy atom. The van der Waals surface area contributed by atoms with E-state index in [0.717, 1.165) is 10.9 Å². The van der Waals surface area contributed by atoms with Crippen molar-refractivity contribution in [2.24, 2.45) is 5.10 Å². The van der Waals surface area contributed by atoms with Gasteiger partial charge in [0.15, 0.2) is 17.3 Å². The summed E-state index contributed by atoms with van der Waals surface area (Å²) in [4.78, 5) is 0. The van der Waals surface area contributed by atoms with E-state index >= 15 is 0 Å². The Bertz CT molecular complexity index is 1290. The molecule has 1 aromatic heterocycles. The molecule has 0 aliphatic rings. The molecule has 0 saturated carbocycles. The first-order chi connectivity index (χ1) is 14.6. The highest BCUT2D eigenvalue weighted by Gasteiger charge is 2.11. The highest BCUT2D eigenvalue weighted by molar-refractivity contribution is 7.71. The van der Waals surface area contributed by atoms with Crippen molar-refractivity contribution in [3.63, 3.8) is 0 Å². The SMILES string of the molecule is CCOc1cc(C=Nn2c(Cc3cccc4ccccc34)n[nH]c2=S)cc(Cl)c1O. The summed E-state index contributed by atoms with van der Waals surface area (Å²) in [5, 5.41) is 24.2. The Morgan fingerprint density at radius 1 is 1.23 bits per heavy atom. The highest BCUT2D eigenvalue weighted by Crippen LogP contribution is 2.34. The number of fused-ring (bicyclic) bond motifs is 1. The smallest absolute Gasteiger partial charge is 0.216 e. The zero-order valence-corrected chi connectivity index (χ0v) is 17.7. The molecule has 1 heterocycles. The van der Waals surface area contributed by atoms with Crippen LogP contribution >= 0.6 is 23.8 Å². The lowest BCUT2D eigenvalue weighted by atomic mass is 10.0. The van der Waals surface area contributed by atoms with E-state index in [1.165, 1.54) is 5.39 Å². The normalized spacial score (nSPS) is 11.4. The summed E-state index contributed by atoms with van der Waals surface area (Å²) in [6, 6.07) is 17.7. The van der Waals surface area contributed by atoms with Gasteiger partial charge in [-0.2, -0.15) is 14.9 Å². The van der Waals surface area contributed by atoms with Crippen LogP contribution in [0.3, 0.4) is 0 Å². The molecular formula is C22H19ClN4O2S. The van der Waals surface area contributed by atoms with Crippen LogP contribution in [0.5, 0.6) is 11.5 Å². The Hall–Kier alpha value is -3.16. The van der Waals surface area contributed by atoms with Crippen LogP contribution in [0, 0.1) is 4.77 Å². The third kappa shape index (κ3) is 4.08. The van der Waals surface area contributed by atoms with Crippen LogP contribution in [0.2, 0.25) is 5.02 Å². The Morgan fingerprint density at radius 3 is 2.87 bits per heavy atom. The van der Waals surface area contributed by atoms with Crippen molar-refractivity contribution in [2.45, 2.75) is 13.3 Å². The minimum absolute atomic E-state index is 0.0905. The van der Waals surface area contributed by atoms with Gasteiger partial charge in [-0.15, -0.1) is 0 Å². The number of nitrogens with zero attached hydrogens (tertiary/aromatic N) is 3. The van der Waals surface area contributed by atoms with E-state index in [4.69, 9.17) is 28.6 Å². The van der Waals surface area contributed by atoms with Gasteiger partial charge in [-0.25, -0.2) is 0 Å². The third-order valence-electron chi connectivity index (χ3n) is 4.62. The molecule has 30 heavy (non-hydrogen) atoms. The lowest BCUT2D eigenvalue weighted by Crippen LogP contribution is -2.01. The number of aromatic amines is 1. The van der Waals surface area contributed by atoms with Gasteiger partial charge in [-0.1, -0.05) is 54.1 Å². The van der Waals surface area contributed by atoms with E-state index in [1.807, 2.05) is 25.1 Å². The maximum atomic E-state index is 10.0. The summed E-state index contributed by atoms with van der Waals surface area (Å²) < 4.78 is 7.39. The lowest BCUT2D eigenvalue weighted by molar-refractivity contribution is 0.318. The van der Waals surface area contributed by atoms with E-state index < -0.39 is 0 Å². The van der Waals surface area contributed by atoms with E-state index in [2.05, 4.69) is 39.6 Å². The molecule has 0 fully saturated rings. The molecule has 0 spiro atoms. The standard InChI is InChI=1S/C22H19ClN4O2S/c1-2-29-19-11-14(10-18(23)21(19)28)13-24-27-20(25-26-22(27)30)12-16-8-5-7-15-6-3-4-9-17(15)16/h3-11,13,28H,2,12H2,1H3,(H,26,30). The van der Waals surface area contributed by atoms with Crippen LogP contribution in [-0.2, 0) is 6.42 Å². The molecule has 0 bridgehead atoms. The summed E-state index contributed by atoms with van der Waals surface area (Å²) in [7, 11) is 0. The van der Waals surface area contributed by atoms with Gasteiger partial charge in [0.25, 0.3) is 0 Å².